The van der Waals surface area contributed by atoms with Gasteiger partial charge in [-0.1, -0.05) is 6.42 Å². The quantitative estimate of drug-likeness (QED) is 0.766. The van der Waals surface area contributed by atoms with Gasteiger partial charge in [-0.05, 0) is 32.6 Å². The average molecular weight is 213 g/mol. The highest BCUT2D eigenvalue weighted by Crippen LogP contribution is 2.36. The Kier molecular flexibility index (Phi) is 3.33. The molecule has 0 spiro atoms. The average Bonchev–Trinajstić information content (AvgIpc) is 2.16. The lowest BCUT2D eigenvalue weighted by Crippen LogP contribution is -2.58. The number of aliphatic hydroxyl groups is 1. The molecule has 1 heterocycles. The van der Waals surface area contributed by atoms with Crippen molar-refractivity contribution in [1.29, 1.82) is 0 Å². The van der Waals surface area contributed by atoms with Gasteiger partial charge in [0.2, 0.25) is 0 Å². The van der Waals surface area contributed by atoms with Crippen LogP contribution in [0.25, 0.3) is 0 Å². The van der Waals surface area contributed by atoms with E-state index in [1.54, 1.807) is 0 Å². The zero-order valence-corrected chi connectivity index (χ0v) is 9.91. The summed E-state index contributed by atoms with van der Waals surface area (Å²) in [5.41, 5.74) is -0.0884. The summed E-state index contributed by atoms with van der Waals surface area (Å²) >= 11 is 0. The van der Waals surface area contributed by atoms with Gasteiger partial charge in [0.05, 0.1) is 19.3 Å². The summed E-state index contributed by atoms with van der Waals surface area (Å²) in [6.45, 7) is 7.86. The number of hydrogen-bond donors (Lipinski definition) is 1. The van der Waals surface area contributed by atoms with E-state index in [0.29, 0.717) is 5.92 Å². The molecule has 1 saturated carbocycles. The molecule has 2 aliphatic rings. The fraction of sp³-hybridized carbons (Fsp3) is 1.00. The van der Waals surface area contributed by atoms with E-state index in [4.69, 9.17) is 4.74 Å². The second kappa shape index (κ2) is 4.40. The Bertz CT molecular complexity index is 204. The Morgan fingerprint density at radius 3 is 2.33 bits per heavy atom. The van der Waals surface area contributed by atoms with Crippen LogP contribution in [0.15, 0.2) is 0 Å². The Hall–Kier alpha value is -0.120. The minimum atomic E-state index is -0.177. The normalized spacial score (nSPS) is 27.4. The van der Waals surface area contributed by atoms with Crippen LogP contribution >= 0.6 is 0 Å². The van der Waals surface area contributed by atoms with Gasteiger partial charge in [0, 0.05) is 18.6 Å². The molecule has 0 bridgehead atoms. The molecule has 1 atom stereocenters. The van der Waals surface area contributed by atoms with E-state index in [1.165, 1.54) is 19.3 Å². The highest BCUT2D eigenvalue weighted by atomic mass is 16.5. The molecule has 1 aliphatic carbocycles. The lowest BCUT2D eigenvalue weighted by atomic mass is 9.74. The summed E-state index contributed by atoms with van der Waals surface area (Å²) < 4.78 is 5.35. The maximum absolute atomic E-state index is 10.4. The van der Waals surface area contributed by atoms with Crippen molar-refractivity contribution >= 4 is 0 Å². The number of hydrogen-bond acceptors (Lipinski definition) is 3. The number of aliphatic hydroxyl groups excluding tert-OH is 1. The zero-order chi connectivity index (χ0) is 10.9. The van der Waals surface area contributed by atoms with Crippen LogP contribution in [0.5, 0.6) is 0 Å². The molecule has 0 aromatic heterocycles. The van der Waals surface area contributed by atoms with Crippen LogP contribution in [-0.2, 0) is 4.74 Å². The molecule has 1 unspecified atom stereocenters. The van der Waals surface area contributed by atoms with Crippen molar-refractivity contribution in [3.05, 3.63) is 0 Å². The first-order valence-electron chi connectivity index (χ1n) is 6.13. The first-order chi connectivity index (χ1) is 7.12. The molecule has 1 saturated heterocycles. The first kappa shape index (κ1) is 11.4. The molecular weight excluding hydrogens is 190 g/mol. The van der Waals surface area contributed by atoms with Crippen molar-refractivity contribution in [2.45, 2.75) is 44.8 Å². The molecule has 2 rings (SSSR count). The summed E-state index contributed by atoms with van der Waals surface area (Å²) in [7, 11) is 0. The molecule has 88 valence electrons. The van der Waals surface area contributed by atoms with Crippen molar-refractivity contribution in [1.82, 2.24) is 4.90 Å². The predicted molar refractivity (Wildman–Crippen MR) is 59.8 cm³/mol. The topological polar surface area (TPSA) is 32.7 Å². The van der Waals surface area contributed by atoms with Gasteiger partial charge in [-0.3, -0.25) is 4.90 Å². The first-order valence-corrected chi connectivity index (χ1v) is 6.13. The molecule has 1 aliphatic heterocycles. The number of ether oxygens (including phenoxy) is 1. The van der Waals surface area contributed by atoms with E-state index in [0.717, 1.165) is 26.3 Å². The Labute approximate surface area is 92.4 Å². The monoisotopic (exact) mass is 213 g/mol. The highest BCUT2D eigenvalue weighted by Gasteiger charge is 2.41. The van der Waals surface area contributed by atoms with E-state index in [-0.39, 0.29) is 11.6 Å². The SMILES string of the molecule is CC(C)(C(O)C1CCC1)N1CCOCC1. The van der Waals surface area contributed by atoms with E-state index >= 15 is 0 Å². The van der Waals surface area contributed by atoms with Gasteiger partial charge >= 0.3 is 0 Å². The lowest BCUT2D eigenvalue weighted by molar-refractivity contribution is -0.0919. The van der Waals surface area contributed by atoms with Crippen molar-refractivity contribution in [3.63, 3.8) is 0 Å². The zero-order valence-electron chi connectivity index (χ0n) is 9.91. The van der Waals surface area contributed by atoms with Gasteiger partial charge in [-0.15, -0.1) is 0 Å². The van der Waals surface area contributed by atoms with Crippen LogP contribution in [0.1, 0.15) is 33.1 Å². The Morgan fingerprint density at radius 2 is 1.87 bits per heavy atom. The molecule has 0 aromatic carbocycles. The van der Waals surface area contributed by atoms with Crippen LogP contribution in [0, 0.1) is 5.92 Å². The fourth-order valence-corrected chi connectivity index (χ4v) is 2.66. The number of nitrogens with zero attached hydrogens (tertiary/aromatic N) is 1. The maximum atomic E-state index is 10.4. The van der Waals surface area contributed by atoms with Crippen LogP contribution in [0.2, 0.25) is 0 Å². The fourth-order valence-electron chi connectivity index (χ4n) is 2.66. The van der Waals surface area contributed by atoms with Crippen molar-refractivity contribution in [3.8, 4) is 0 Å². The lowest BCUT2D eigenvalue weighted by Gasteiger charge is -2.48. The Morgan fingerprint density at radius 1 is 1.27 bits per heavy atom. The molecule has 0 radical (unpaired) electrons. The third-order valence-corrected chi connectivity index (χ3v) is 4.15. The standard InChI is InChI=1S/C12H23NO2/c1-12(2,11(14)10-4-3-5-10)13-6-8-15-9-7-13/h10-11,14H,3-9H2,1-2H3. The maximum Gasteiger partial charge on any atom is 0.0746 e. The van der Waals surface area contributed by atoms with Crippen LogP contribution < -0.4 is 0 Å². The number of rotatable bonds is 3. The minimum Gasteiger partial charge on any atom is -0.391 e. The predicted octanol–water partition coefficient (Wildman–Crippen LogP) is 1.26. The van der Waals surface area contributed by atoms with Crippen molar-refractivity contribution in [2.75, 3.05) is 26.3 Å². The second-order valence-corrected chi connectivity index (χ2v) is 5.39. The summed E-state index contributed by atoms with van der Waals surface area (Å²) in [5, 5.41) is 10.4. The van der Waals surface area contributed by atoms with Crippen molar-refractivity contribution < 1.29 is 9.84 Å². The van der Waals surface area contributed by atoms with Gasteiger partial charge in [-0.2, -0.15) is 0 Å². The van der Waals surface area contributed by atoms with Gasteiger partial charge in [0.25, 0.3) is 0 Å². The second-order valence-electron chi connectivity index (χ2n) is 5.39. The van der Waals surface area contributed by atoms with Gasteiger partial charge < -0.3 is 9.84 Å². The third kappa shape index (κ3) is 2.19. The molecule has 2 fully saturated rings. The van der Waals surface area contributed by atoms with Gasteiger partial charge in [0.15, 0.2) is 0 Å². The van der Waals surface area contributed by atoms with Crippen LogP contribution in [-0.4, -0.2) is 48.0 Å². The van der Waals surface area contributed by atoms with Gasteiger partial charge in [-0.25, -0.2) is 0 Å². The third-order valence-electron chi connectivity index (χ3n) is 4.15. The molecule has 0 aromatic rings. The molecule has 15 heavy (non-hydrogen) atoms. The van der Waals surface area contributed by atoms with E-state index < -0.39 is 0 Å². The number of morpholine rings is 1. The van der Waals surface area contributed by atoms with Crippen LogP contribution in [0.3, 0.4) is 0 Å². The molecule has 3 nitrogen and oxygen atoms in total. The van der Waals surface area contributed by atoms with E-state index in [9.17, 15) is 5.11 Å². The smallest absolute Gasteiger partial charge is 0.0746 e. The molecule has 1 N–H and O–H groups in total. The highest BCUT2D eigenvalue weighted by molar-refractivity contribution is 4.95. The summed E-state index contributed by atoms with van der Waals surface area (Å²) in [6, 6.07) is 0. The van der Waals surface area contributed by atoms with Gasteiger partial charge in [0.1, 0.15) is 0 Å². The summed E-state index contributed by atoms with van der Waals surface area (Å²) in [4.78, 5) is 2.37. The Balaban J connectivity index is 1.96. The minimum absolute atomic E-state index is 0.0884. The summed E-state index contributed by atoms with van der Waals surface area (Å²) in [6.07, 6.45) is 3.52. The molecular formula is C12H23NO2. The summed E-state index contributed by atoms with van der Waals surface area (Å²) in [5.74, 6) is 0.530. The molecule has 3 heteroatoms. The van der Waals surface area contributed by atoms with E-state index in [2.05, 4.69) is 18.7 Å². The van der Waals surface area contributed by atoms with Crippen LogP contribution in [0.4, 0.5) is 0 Å². The van der Waals surface area contributed by atoms with Crippen molar-refractivity contribution in [2.24, 2.45) is 5.92 Å². The molecule has 0 amide bonds. The van der Waals surface area contributed by atoms with E-state index in [1.807, 2.05) is 0 Å². The largest absolute Gasteiger partial charge is 0.391 e.